The maximum Gasteiger partial charge on any atom is 0.0430 e. The number of benzene rings is 1. The molecule has 3 heteroatoms. The second-order valence-corrected chi connectivity index (χ2v) is 4.37. The molecule has 0 atom stereocenters. The summed E-state index contributed by atoms with van der Waals surface area (Å²) in [6.45, 7) is 4.13. The molecule has 1 heterocycles. The quantitative estimate of drug-likeness (QED) is 0.818. The SMILES string of the molecule is CCCN(Cc1ccncc1)c1ccc(N)cc1. The summed E-state index contributed by atoms with van der Waals surface area (Å²) in [7, 11) is 0. The molecule has 18 heavy (non-hydrogen) atoms. The van der Waals surface area contributed by atoms with E-state index in [-0.39, 0.29) is 0 Å². The van der Waals surface area contributed by atoms with E-state index in [2.05, 4.69) is 41.1 Å². The Bertz CT molecular complexity index is 465. The van der Waals surface area contributed by atoms with Crippen molar-refractivity contribution >= 4 is 11.4 Å². The Kier molecular flexibility index (Phi) is 4.18. The number of rotatable bonds is 5. The summed E-state index contributed by atoms with van der Waals surface area (Å²) >= 11 is 0. The lowest BCUT2D eigenvalue weighted by atomic mass is 10.2. The first-order valence-electron chi connectivity index (χ1n) is 6.29. The highest BCUT2D eigenvalue weighted by molar-refractivity contribution is 5.53. The molecule has 0 unspecified atom stereocenters. The molecule has 0 saturated carbocycles. The molecule has 2 rings (SSSR count). The van der Waals surface area contributed by atoms with Crippen molar-refractivity contribution < 1.29 is 0 Å². The topological polar surface area (TPSA) is 42.2 Å². The van der Waals surface area contributed by atoms with Gasteiger partial charge < -0.3 is 10.6 Å². The first-order valence-corrected chi connectivity index (χ1v) is 6.29. The number of hydrogen-bond acceptors (Lipinski definition) is 3. The van der Waals surface area contributed by atoms with Gasteiger partial charge in [0.05, 0.1) is 0 Å². The third kappa shape index (κ3) is 3.23. The van der Waals surface area contributed by atoms with Crippen LogP contribution in [0, 0.1) is 0 Å². The van der Waals surface area contributed by atoms with E-state index in [4.69, 9.17) is 5.73 Å². The van der Waals surface area contributed by atoms with Crippen molar-refractivity contribution in [2.24, 2.45) is 0 Å². The lowest BCUT2D eigenvalue weighted by molar-refractivity contribution is 0.767. The first kappa shape index (κ1) is 12.4. The zero-order chi connectivity index (χ0) is 12.8. The van der Waals surface area contributed by atoms with E-state index >= 15 is 0 Å². The van der Waals surface area contributed by atoms with Gasteiger partial charge in [-0.05, 0) is 48.4 Å². The molecule has 94 valence electrons. The minimum atomic E-state index is 0.805. The number of nitrogen functional groups attached to an aromatic ring is 1. The summed E-state index contributed by atoms with van der Waals surface area (Å²) in [5.74, 6) is 0. The van der Waals surface area contributed by atoms with Gasteiger partial charge in [-0.25, -0.2) is 0 Å². The minimum absolute atomic E-state index is 0.805. The number of hydrogen-bond donors (Lipinski definition) is 1. The van der Waals surface area contributed by atoms with Crippen LogP contribution >= 0.6 is 0 Å². The van der Waals surface area contributed by atoms with Crippen molar-refractivity contribution in [1.29, 1.82) is 0 Å². The monoisotopic (exact) mass is 241 g/mol. The van der Waals surface area contributed by atoms with E-state index in [0.29, 0.717) is 0 Å². The first-order chi connectivity index (χ1) is 8.79. The van der Waals surface area contributed by atoms with Gasteiger partial charge in [0.15, 0.2) is 0 Å². The number of nitrogens with zero attached hydrogens (tertiary/aromatic N) is 2. The van der Waals surface area contributed by atoms with Gasteiger partial charge >= 0.3 is 0 Å². The lowest BCUT2D eigenvalue weighted by Gasteiger charge is -2.24. The molecule has 2 aromatic rings. The highest BCUT2D eigenvalue weighted by Gasteiger charge is 2.06. The number of nitrogens with two attached hydrogens (primary N) is 1. The Morgan fingerprint density at radius 3 is 2.33 bits per heavy atom. The van der Waals surface area contributed by atoms with Crippen LogP contribution in [0.3, 0.4) is 0 Å². The van der Waals surface area contributed by atoms with Crippen LogP contribution in [0.15, 0.2) is 48.8 Å². The fourth-order valence-corrected chi connectivity index (χ4v) is 1.96. The number of anilines is 2. The molecular formula is C15H19N3. The molecule has 1 aromatic heterocycles. The summed E-state index contributed by atoms with van der Waals surface area (Å²) in [6.07, 6.45) is 4.79. The van der Waals surface area contributed by atoms with Crippen molar-refractivity contribution in [2.75, 3.05) is 17.2 Å². The molecule has 2 N–H and O–H groups in total. The third-order valence-electron chi connectivity index (χ3n) is 2.87. The maximum absolute atomic E-state index is 5.73. The third-order valence-corrected chi connectivity index (χ3v) is 2.87. The number of pyridine rings is 1. The van der Waals surface area contributed by atoms with E-state index in [1.165, 1.54) is 11.3 Å². The Balaban J connectivity index is 2.15. The minimum Gasteiger partial charge on any atom is -0.399 e. The smallest absolute Gasteiger partial charge is 0.0430 e. The second kappa shape index (κ2) is 6.05. The molecule has 0 aliphatic rings. The van der Waals surface area contributed by atoms with Gasteiger partial charge in [-0.15, -0.1) is 0 Å². The normalized spacial score (nSPS) is 10.3. The van der Waals surface area contributed by atoms with E-state index in [1.807, 2.05) is 24.5 Å². The Morgan fingerprint density at radius 1 is 1.06 bits per heavy atom. The summed E-state index contributed by atoms with van der Waals surface area (Å²) in [6, 6.07) is 12.2. The van der Waals surface area contributed by atoms with Crippen LogP contribution < -0.4 is 10.6 Å². The molecule has 0 spiro atoms. The predicted octanol–water partition coefficient (Wildman–Crippen LogP) is 3.08. The molecule has 0 aliphatic heterocycles. The van der Waals surface area contributed by atoms with E-state index in [0.717, 1.165) is 25.2 Å². The van der Waals surface area contributed by atoms with Crippen molar-refractivity contribution in [3.63, 3.8) is 0 Å². The molecule has 0 bridgehead atoms. The van der Waals surface area contributed by atoms with Crippen molar-refractivity contribution in [2.45, 2.75) is 19.9 Å². The van der Waals surface area contributed by atoms with Crippen molar-refractivity contribution in [3.8, 4) is 0 Å². The predicted molar refractivity (Wildman–Crippen MR) is 76.4 cm³/mol. The van der Waals surface area contributed by atoms with Crippen LogP contribution in [0.2, 0.25) is 0 Å². The van der Waals surface area contributed by atoms with Crippen LogP contribution in [0.1, 0.15) is 18.9 Å². The average molecular weight is 241 g/mol. The van der Waals surface area contributed by atoms with Gasteiger partial charge in [0, 0.05) is 36.9 Å². The summed E-state index contributed by atoms with van der Waals surface area (Å²) in [5.41, 5.74) is 9.02. The van der Waals surface area contributed by atoms with Crippen molar-refractivity contribution in [3.05, 3.63) is 54.4 Å². The zero-order valence-electron chi connectivity index (χ0n) is 10.7. The van der Waals surface area contributed by atoms with Crippen LogP contribution in [-0.4, -0.2) is 11.5 Å². The Hall–Kier alpha value is -2.03. The summed E-state index contributed by atoms with van der Waals surface area (Å²) in [5, 5.41) is 0. The van der Waals surface area contributed by atoms with Crippen LogP contribution in [0.25, 0.3) is 0 Å². The molecule has 0 radical (unpaired) electrons. The van der Waals surface area contributed by atoms with Gasteiger partial charge in [0.1, 0.15) is 0 Å². The van der Waals surface area contributed by atoms with Gasteiger partial charge in [0.2, 0.25) is 0 Å². The molecule has 1 aromatic carbocycles. The fourth-order valence-electron chi connectivity index (χ4n) is 1.96. The average Bonchev–Trinajstić information content (AvgIpc) is 2.40. The van der Waals surface area contributed by atoms with Gasteiger partial charge in [-0.1, -0.05) is 6.92 Å². The largest absolute Gasteiger partial charge is 0.399 e. The van der Waals surface area contributed by atoms with E-state index in [9.17, 15) is 0 Å². The molecule has 0 fully saturated rings. The second-order valence-electron chi connectivity index (χ2n) is 4.37. The van der Waals surface area contributed by atoms with Crippen LogP contribution in [0.4, 0.5) is 11.4 Å². The molecule has 0 amide bonds. The Labute approximate surface area is 108 Å². The number of aromatic nitrogens is 1. The highest BCUT2D eigenvalue weighted by atomic mass is 15.1. The summed E-state index contributed by atoms with van der Waals surface area (Å²) in [4.78, 5) is 6.40. The zero-order valence-corrected chi connectivity index (χ0v) is 10.7. The highest BCUT2D eigenvalue weighted by Crippen LogP contribution is 2.19. The molecule has 0 aliphatic carbocycles. The van der Waals surface area contributed by atoms with Crippen molar-refractivity contribution in [1.82, 2.24) is 4.98 Å². The molecule has 3 nitrogen and oxygen atoms in total. The van der Waals surface area contributed by atoms with E-state index < -0.39 is 0 Å². The summed E-state index contributed by atoms with van der Waals surface area (Å²) < 4.78 is 0. The van der Waals surface area contributed by atoms with Gasteiger partial charge in [-0.2, -0.15) is 0 Å². The van der Waals surface area contributed by atoms with Gasteiger partial charge in [-0.3, -0.25) is 4.98 Å². The maximum atomic E-state index is 5.73. The Morgan fingerprint density at radius 2 is 1.72 bits per heavy atom. The molecular weight excluding hydrogens is 222 g/mol. The van der Waals surface area contributed by atoms with Crippen LogP contribution in [0.5, 0.6) is 0 Å². The molecule has 0 saturated heterocycles. The lowest BCUT2D eigenvalue weighted by Crippen LogP contribution is -2.23. The van der Waals surface area contributed by atoms with E-state index in [1.54, 1.807) is 0 Å². The van der Waals surface area contributed by atoms with Gasteiger partial charge in [0.25, 0.3) is 0 Å². The standard InChI is InChI=1S/C15H19N3/c1-2-11-18(12-13-7-9-17-10-8-13)15-5-3-14(16)4-6-15/h3-10H,2,11-12,16H2,1H3. The fraction of sp³-hybridized carbons (Fsp3) is 0.267. The van der Waals surface area contributed by atoms with Crippen LogP contribution in [-0.2, 0) is 6.54 Å².